The van der Waals surface area contributed by atoms with Crippen molar-refractivity contribution in [3.05, 3.63) is 0 Å². The Labute approximate surface area is 75.8 Å². The summed E-state index contributed by atoms with van der Waals surface area (Å²) in [6, 6.07) is 0. The van der Waals surface area contributed by atoms with Gasteiger partial charge in [0.25, 0.3) is 0 Å². The van der Waals surface area contributed by atoms with Crippen molar-refractivity contribution in [2.24, 2.45) is 0 Å². The molecular weight excluding hydrogens is 280 g/mol. The first-order valence-corrected chi connectivity index (χ1v) is 0. The second kappa shape index (κ2) is 19.3. The molecule has 0 amide bonds. The van der Waals surface area contributed by atoms with E-state index in [4.69, 9.17) is 0 Å². The van der Waals surface area contributed by atoms with E-state index in [0.717, 1.165) is 0 Å². The van der Waals surface area contributed by atoms with Gasteiger partial charge in [-0.3, -0.25) is 0 Å². The van der Waals surface area contributed by atoms with Crippen LogP contribution in [0.4, 0.5) is 0 Å². The van der Waals surface area contributed by atoms with Crippen molar-refractivity contribution in [1.82, 2.24) is 0 Å². The van der Waals surface area contributed by atoms with Gasteiger partial charge in [-0.2, -0.15) is 0 Å². The van der Waals surface area contributed by atoms with Crippen LogP contribution in [0.2, 0.25) is 0 Å². The monoisotopic (exact) mass is 280 g/mol. The Hall–Kier alpha value is 2.13. The van der Waals surface area contributed by atoms with Crippen LogP contribution >= 0.6 is 0 Å². The van der Waals surface area contributed by atoms with E-state index in [0.29, 0.717) is 0 Å². The van der Waals surface area contributed by atoms with Crippen molar-refractivity contribution in [1.29, 1.82) is 0 Å². The molecule has 0 spiro atoms. The Morgan fingerprint density at radius 1 is 0.750 bits per heavy atom. The predicted molar refractivity (Wildman–Crippen MR) is 1.37 cm³/mol. The van der Waals surface area contributed by atoms with E-state index >= 15 is 0 Å². The quantitative estimate of drug-likeness (QED) is 0.588. The van der Waals surface area contributed by atoms with Crippen molar-refractivity contribution in [2.45, 2.75) is 0 Å². The van der Waals surface area contributed by atoms with Crippen LogP contribution in [0, 0.1) is 39.9 Å². The molecule has 0 aromatic carbocycles. The average molecular weight is 280 g/mol. The van der Waals surface area contributed by atoms with Crippen LogP contribution in [0.3, 0.4) is 0 Å². The molecule has 0 unspecified atom stereocenters. The summed E-state index contributed by atoms with van der Waals surface area (Å²) < 4.78 is 0. The van der Waals surface area contributed by atoms with Crippen molar-refractivity contribution < 1.29 is 77.1 Å². The number of rotatable bonds is 0. The zero-order valence-electron chi connectivity index (χ0n) is 1.67. The molecule has 0 aliphatic carbocycles. The van der Waals surface area contributed by atoms with Gasteiger partial charge in [0.15, 0.2) is 0 Å². The first-order chi connectivity index (χ1) is 0. The smallest absolute Gasteiger partial charge is 2.00 e. The van der Waals surface area contributed by atoms with Gasteiger partial charge in [0.1, 0.15) is 0 Å². The summed E-state index contributed by atoms with van der Waals surface area (Å²) >= 11 is 0. The summed E-state index contributed by atoms with van der Waals surface area (Å²) in [6.45, 7) is 0. The molecule has 4 heteroatoms. The predicted octanol–water partition coefficient (Wildman–Crippen LogP) is -0.240. The van der Waals surface area contributed by atoms with Crippen LogP contribution in [-0.2, 0) is 37.2 Å². The minimum Gasteiger partial charge on any atom is -2.00 e. The summed E-state index contributed by atoms with van der Waals surface area (Å²) in [4.78, 5) is 0. The van der Waals surface area contributed by atoms with Gasteiger partial charge in [-0.1, -0.05) is 0 Å². The molecule has 0 aliphatic rings. The van der Waals surface area contributed by atoms with E-state index in [-0.39, 0.29) is 77.1 Å². The fourth-order valence-electron chi connectivity index (χ4n) is 0. The maximum Gasteiger partial charge on any atom is 4.00 e. The molecule has 4 heavy (non-hydrogen) atoms. The minimum absolute atomic E-state index is 0. The molecule has 0 aliphatic heterocycles. The molecule has 0 saturated heterocycles. The zero-order chi connectivity index (χ0) is 0. The summed E-state index contributed by atoms with van der Waals surface area (Å²) in [7, 11) is 0. The number of hydrogen-bond acceptors (Lipinski definition) is 0. The Morgan fingerprint density at radius 3 is 0.750 bits per heavy atom. The fraction of sp³-hybridized carbons (Fsp3) is 0. The second-order valence-corrected chi connectivity index (χ2v) is 0. The fourth-order valence-corrected chi connectivity index (χ4v) is 0. The Balaban J connectivity index is 0. The molecule has 0 atom stereocenters. The van der Waals surface area contributed by atoms with E-state index in [2.05, 4.69) is 0 Å². The normalized spacial score (nSPS) is 0. The first kappa shape index (κ1) is 35.6. The van der Waals surface area contributed by atoms with Gasteiger partial charge in [0.2, 0.25) is 0 Å². The van der Waals surface area contributed by atoms with Crippen LogP contribution in [0.25, 0.3) is 0 Å². The molecular formula is GdO2Zr+3. The van der Waals surface area contributed by atoms with Crippen molar-refractivity contribution in [3.63, 3.8) is 0 Å². The molecule has 0 rings (SSSR count). The van der Waals surface area contributed by atoms with Crippen molar-refractivity contribution in [2.75, 3.05) is 0 Å². The molecule has 0 aromatic heterocycles. The van der Waals surface area contributed by atoms with Crippen LogP contribution in [0.1, 0.15) is 0 Å². The average Bonchev–Trinajstić information content (AvgIpc) is 0. The van der Waals surface area contributed by atoms with E-state index in [1.165, 1.54) is 0 Å². The first-order valence-electron chi connectivity index (χ1n) is 0. The molecule has 1 radical (unpaired) electrons. The van der Waals surface area contributed by atoms with Crippen LogP contribution in [0.15, 0.2) is 0 Å². The van der Waals surface area contributed by atoms with Gasteiger partial charge >= 0.3 is 66.1 Å². The van der Waals surface area contributed by atoms with Crippen molar-refractivity contribution >= 4 is 0 Å². The van der Waals surface area contributed by atoms with Gasteiger partial charge in [-0.15, -0.1) is 0 Å². The third kappa shape index (κ3) is 8.92. The third-order valence-electron chi connectivity index (χ3n) is 0. The Bertz CT molecular complexity index is 6.00. The molecule has 0 fully saturated rings. The topological polar surface area (TPSA) is 57.0 Å². The SMILES string of the molecule is [Gd+3].[O-2].[O-2].[Zr+4]. The largest absolute Gasteiger partial charge is 4.00 e. The Kier molecular flexibility index (Phi) is 172. The molecule has 0 saturated carbocycles. The third-order valence-corrected chi connectivity index (χ3v) is 0. The molecule has 0 bridgehead atoms. The number of hydrogen-bond donors (Lipinski definition) is 0. The molecule has 0 heterocycles. The molecule has 2 nitrogen and oxygen atoms in total. The van der Waals surface area contributed by atoms with E-state index < -0.39 is 0 Å². The summed E-state index contributed by atoms with van der Waals surface area (Å²) in [6.07, 6.45) is 0. The second-order valence-electron chi connectivity index (χ2n) is 0. The minimum atomic E-state index is 0. The van der Waals surface area contributed by atoms with Gasteiger partial charge in [0, 0.05) is 0 Å². The van der Waals surface area contributed by atoms with Gasteiger partial charge in [-0.05, 0) is 0 Å². The summed E-state index contributed by atoms with van der Waals surface area (Å²) in [5.74, 6) is 0. The maximum absolute atomic E-state index is 0. The standard InChI is InChI=1S/Gd.2O.Zr/q+3;2*-2;+4. The molecule has 21 valence electrons. The zero-order valence-corrected chi connectivity index (χ0v) is 6.40. The van der Waals surface area contributed by atoms with Crippen molar-refractivity contribution in [3.8, 4) is 0 Å². The van der Waals surface area contributed by atoms with Gasteiger partial charge in [-0.25, -0.2) is 0 Å². The maximum atomic E-state index is 0. The van der Waals surface area contributed by atoms with E-state index in [1.807, 2.05) is 0 Å². The van der Waals surface area contributed by atoms with Crippen LogP contribution in [-0.4, -0.2) is 0 Å². The van der Waals surface area contributed by atoms with Crippen LogP contribution < -0.4 is 0 Å². The molecule has 0 N–H and O–H groups in total. The summed E-state index contributed by atoms with van der Waals surface area (Å²) in [5, 5.41) is 0. The van der Waals surface area contributed by atoms with Gasteiger partial charge in [0.05, 0.1) is 0 Å². The Morgan fingerprint density at radius 2 is 0.750 bits per heavy atom. The van der Waals surface area contributed by atoms with E-state index in [1.54, 1.807) is 0 Å². The van der Waals surface area contributed by atoms with Crippen LogP contribution in [0.5, 0.6) is 0 Å². The summed E-state index contributed by atoms with van der Waals surface area (Å²) in [5.41, 5.74) is 0. The van der Waals surface area contributed by atoms with E-state index in [9.17, 15) is 0 Å². The molecule has 0 aromatic rings. The van der Waals surface area contributed by atoms with Gasteiger partial charge < -0.3 is 11.0 Å².